The molecular formula is C23H23N9O2. The van der Waals surface area contributed by atoms with Crippen molar-refractivity contribution in [2.24, 2.45) is 0 Å². The Hall–Kier alpha value is -4.54. The Balaban J connectivity index is 1.67. The predicted octanol–water partition coefficient (Wildman–Crippen LogP) is 3.23. The summed E-state index contributed by atoms with van der Waals surface area (Å²) in [6, 6.07) is 9.21. The molecule has 0 unspecified atom stereocenters. The highest BCUT2D eigenvalue weighted by Crippen LogP contribution is 2.32. The van der Waals surface area contributed by atoms with Gasteiger partial charge in [-0.2, -0.15) is 10.1 Å². The summed E-state index contributed by atoms with van der Waals surface area (Å²) in [4.78, 5) is 26.4. The van der Waals surface area contributed by atoms with Crippen LogP contribution in [0.2, 0.25) is 0 Å². The minimum absolute atomic E-state index is 0.152. The van der Waals surface area contributed by atoms with Gasteiger partial charge in [0.25, 0.3) is 11.4 Å². The Morgan fingerprint density at radius 2 is 2.00 bits per heavy atom. The van der Waals surface area contributed by atoms with Crippen LogP contribution in [0, 0.1) is 20.8 Å². The lowest BCUT2D eigenvalue weighted by atomic mass is 10.0. The number of nitrogens with one attached hydrogen (secondary N) is 2. The van der Waals surface area contributed by atoms with Gasteiger partial charge in [0.05, 0.1) is 17.1 Å². The van der Waals surface area contributed by atoms with Crippen LogP contribution in [0.5, 0.6) is 0 Å². The third-order valence-corrected chi connectivity index (χ3v) is 5.62. The maximum absolute atomic E-state index is 13.7. The van der Waals surface area contributed by atoms with Crippen molar-refractivity contribution in [3.63, 3.8) is 0 Å². The van der Waals surface area contributed by atoms with Crippen LogP contribution < -0.4 is 16.6 Å². The summed E-state index contributed by atoms with van der Waals surface area (Å²) in [6.07, 6.45) is 1.35. The van der Waals surface area contributed by atoms with E-state index in [1.807, 2.05) is 51.1 Å². The Kier molecular flexibility index (Phi) is 5.08. The van der Waals surface area contributed by atoms with Gasteiger partial charge in [-0.15, -0.1) is 0 Å². The number of rotatable bonds is 5. The second-order valence-electron chi connectivity index (χ2n) is 8.15. The summed E-state index contributed by atoms with van der Waals surface area (Å²) in [6.45, 7) is 7.45. The van der Waals surface area contributed by atoms with Crippen LogP contribution in [0.4, 0.5) is 11.6 Å². The van der Waals surface area contributed by atoms with Gasteiger partial charge in [0, 0.05) is 11.8 Å². The topological polar surface area (TPSA) is 153 Å². The molecule has 0 fully saturated rings. The molecule has 4 heterocycles. The highest BCUT2D eigenvalue weighted by Gasteiger charge is 2.23. The van der Waals surface area contributed by atoms with Gasteiger partial charge >= 0.3 is 0 Å². The van der Waals surface area contributed by atoms with E-state index < -0.39 is 0 Å². The SMILES string of the molecule is Cc1noc(-c2c(N)ncnc2N[C@@H](C)c2cc3cccc(C)c3c(=O)n2-c2cc(C)[nH]n2)n1. The van der Waals surface area contributed by atoms with Crippen LogP contribution in [0.3, 0.4) is 0 Å². The third-order valence-electron chi connectivity index (χ3n) is 5.62. The standard InChI is InChI=1S/C23H23N9O2/c1-11-6-5-7-15-9-16(32(23(33)18(11)15)17-8-12(2)29-30-17)13(3)27-21-19(20(24)25-10-26-21)22-28-14(4)31-34-22/h5-10,13H,1-4H3,(H,29,30)(H3,24,25,26,27)/t13-/m0/s1. The summed E-state index contributed by atoms with van der Waals surface area (Å²) in [7, 11) is 0. The smallest absolute Gasteiger partial charge is 0.265 e. The van der Waals surface area contributed by atoms with Gasteiger partial charge in [-0.05, 0) is 44.7 Å². The first-order valence-electron chi connectivity index (χ1n) is 10.7. The fraction of sp³-hybridized carbons (Fsp3) is 0.217. The summed E-state index contributed by atoms with van der Waals surface area (Å²) in [5, 5.41) is 15.9. The molecule has 11 nitrogen and oxygen atoms in total. The molecule has 0 aliphatic rings. The number of hydrogen-bond donors (Lipinski definition) is 3. The van der Waals surface area contributed by atoms with Crippen molar-refractivity contribution in [2.45, 2.75) is 33.7 Å². The zero-order chi connectivity index (χ0) is 24.0. The first-order chi connectivity index (χ1) is 16.3. The molecule has 0 radical (unpaired) electrons. The molecule has 11 heteroatoms. The number of fused-ring (bicyclic) bond motifs is 1. The number of nitrogens with zero attached hydrogens (tertiary/aromatic N) is 6. The molecule has 0 bridgehead atoms. The molecule has 4 N–H and O–H groups in total. The largest absolute Gasteiger partial charge is 0.383 e. The Morgan fingerprint density at radius 3 is 2.71 bits per heavy atom. The number of nitrogen functional groups attached to an aromatic ring is 1. The Morgan fingerprint density at radius 1 is 1.18 bits per heavy atom. The van der Waals surface area contributed by atoms with Crippen molar-refractivity contribution in [2.75, 3.05) is 11.1 Å². The van der Waals surface area contributed by atoms with Crippen molar-refractivity contribution < 1.29 is 4.52 Å². The minimum atomic E-state index is -0.383. The first kappa shape index (κ1) is 21.3. The molecule has 0 spiro atoms. The molecule has 1 aromatic carbocycles. The van der Waals surface area contributed by atoms with E-state index in [4.69, 9.17) is 10.3 Å². The zero-order valence-electron chi connectivity index (χ0n) is 19.1. The van der Waals surface area contributed by atoms with Crippen LogP contribution in [0.1, 0.15) is 35.7 Å². The number of aromatic amines is 1. The fourth-order valence-electron chi connectivity index (χ4n) is 4.03. The van der Waals surface area contributed by atoms with Gasteiger partial charge in [-0.25, -0.2) is 9.97 Å². The number of nitrogens with two attached hydrogens (primary N) is 1. The van der Waals surface area contributed by atoms with Gasteiger partial charge in [0.15, 0.2) is 11.6 Å². The van der Waals surface area contributed by atoms with E-state index in [1.54, 1.807) is 11.5 Å². The molecule has 0 aliphatic carbocycles. The summed E-state index contributed by atoms with van der Waals surface area (Å²) >= 11 is 0. The summed E-state index contributed by atoms with van der Waals surface area (Å²) in [5.74, 6) is 1.78. The lowest BCUT2D eigenvalue weighted by Crippen LogP contribution is -2.26. The minimum Gasteiger partial charge on any atom is -0.383 e. The normalized spacial score (nSPS) is 12.2. The van der Waals surface area contributed by atoms with E-state index in [0.29, 0.717) is 34.1 Å². The molecule has 0 saturated heterocycles. The lowest BCUT2D eigenvalue weighted by Gasteiger charge is -2.21. The third kappa shape index (κ3) is 3.56. The van der Waals surface area contributed by atoms with Crippen molar-refractivity contribution in [3.05, 3.63) is 69.8 Å². The second-order valence-corrected chi connectivity index (χ2v) is 8.15. The van der Waals surface area contributed by atoms with E-state index >= 15 is 0 Å². The maximum atomic E-state index is 13.7. The summed E-state index contributed by atoms with van der Waals surface area (Å²) in [5.41, 5.74) is 8.81. The molecule has 172 valence electrons. The van der Waals surface area contributed by atoms with E-state index in [9.17, 15) is 4.79 Å². The molecule has 5 rings (SSSR count). The number of H-pyrrole nitrogens is 1. The quantitative estimate of drug-likeness (QED) is 0.361. The highest BCUT2D eigenvalue weighted by atomic mass is 16.5. The molecular weight excluding hydrogens is 434 g/mol. The van der Waals surface area contributed by atoms with E-state index in [0.717, 1.165) is 16.6 Å². The van der Waals surface area contributed by atoms with Crippen LogP contribution in [-0.2, 0) is 0 Å². The van der Waals surface area contributed by atoms with Gasteiger partial charge < -0.3 is 15.6 Å². The van der Waals surface area contributed by atoms with Gasteiger partial charge in [0.1, 0.15) is 23.5 Å². The highest BCUT2D eigenvalue weighted by molar-refractivity contribution is 5.86. The van der Waals surface area contributed by atoms with Gasteiger partial charge in [-0.3, -0.25) is 14.5 Å². The van der Waals surface area contributed by atoms with Crippen LogP contribution in [0.25, 0.3) is 28.0 Å². The van der Waals surface area contributed by atoms with Gasteiger partial charge in [0.2, 0.25) is 0 Å². The molecule has 34 heavy (non-hydrogen) atoms. The molecule has 1 atom stereocenters. The van der Waals surface area contributed by atoms with Crippen LogP contribution >= 0.6 is 0 Å². The molecule has 5 aromatic rings. The number of benzene rings is 1. The number of anilines is 2. The predicted molar refractivity (Wildman–Crippen MR) is 128 cm³/mol. The van der Waals surface area contributed by atoms with E-state index in [1.165, 1.54) is 6.33 Å². The van der Waals surface area contributed by atoms with E-state index in [-0.39, 0.29) is 23.3 Å². The molecule has 0 amide bonds. The first-order valence-corrected chi connectivity index (χ1v) is 10.7. The Bertz CT molecular complexity index is 1580. The Labute approximate surface area is 194 Å². The number of aromatic nitrogens is 7. The average molecular weight is 457 g/mol. The molecule has 4 aromatic heterocycles. The monoisotopic (exact) mass is 457 g/mol. The van der Waals surface area contributed by atoms with E-state index in [2.05, 4.69) is 35.6 Å². The second kappa shape index (κ2) is 8.10. The number of aryl methyl sites for hydroxylation is 3. The summed E-state index contributed by atoms with van der Waals surface area (Å²) < 4.78 is 6.92. The zero-order valence-corrected chi connectivity index (χ0v) is 19.1. The van der Waals surface area contributed by atoms with Crippen molar-refractivity contribution in [3.8, 4) is 17.3 Å². The van der Waals surface area contributed by atoms with Gasteiger partial charge in [-0.1, -0.05) is 23.4 Å². The number of hydrogen-bond acceptors (Lipinski definition) is 9. The fourth-order valence-corrected chi connectivity index (χ4v) is 4.03. The average Bonchev–Trinajstić information content (AvgIpc) is 3.41. The number of pyridine rings is 1. The van der Waals surface area contributed by atoms with Crippen LogP contribution in [0.15, 0.2) is 46.0 Å². The van der Waals surface area contributed by atoms with Crippen LogP contribution in [-0.4, -0.2) is 34.9 Å². The molecule has 0 saturated carbocycles. The maximum Gasteiger partial charge on any atom is 0.265 e. The van der Waals surface area contributed by atoms with Crippen molar-refractivity contribution in [1.29, 1.82) is 0 Å². The van der Waals surface area contributed by atoms with Crippen molar-refractivity contribution in [1.82, 2.24) is 34.9 Å². The molecule has 0 aliphatic heterocycles. The lowest BCUT2D eigenvalue weighted by molar-refractivity contribution is 0.425. The van der Waals surface area contributed by atoms with Crippen molar-refractivity contribution >= 4 is 22.4 Å².